The molecule has 0 radical (unpaired) electrons. The molecule has 0 fully saturated rings. The van der Waals surface area contributed by atoms with Gasteiger partial charge in [0.1, 0.15) is 0 Å². The van der Waals surface area contributed by atoms with Gasteiger partial charge in [-0.2, -0.15) is 0 Å². The SMILES string of the molecule is CCCCCCCCC1(CCCCCCCC)c2cc(Br)ccc2-c2ccc(-c3ccc4ccc5cccc6ccc3c4c56)cc21. The average Bonchev–Trinajstić information content (AvgIpc) is 3.34. The third-order valence-electron chi connectivity index (χ3n) is 11.1. The van der Waals surface area contributed by atoms with Gasteiger partial charge < -0.3 is 0 Å². The minimum atomic E-state index is 0.0732. The molecular weight excluding hydrogens is 620 g/mol. The summed E-state index contributed by atoms with van der Waals surface area (Å²) in [4.78, 5) is 0. The molecule has 0 heterocycles. The smallest absolute Gasteiger partial charge is 0.0215 e. The maximum absolute atomic E-state index is 3.89. The molecule has 6 aromatic rings. The molecule has 0 saturated heterocycles. The molecule has 0 unspecified atom stereocenters. The molecule has 7 rings (SSSR count). The van der Waals surface area contributed by atoms with Gasteiger partial charge in [-0.3, -0.25) is 0 Å². The van der Waals surface area contributed by atoms with E-state index in [0.29, 0.717) is 0 Å². The average molecular weight is 670 g/mol. The fraction of sp³-hybridized carbons (Fsp3) is 0.378. The first kappa shape index (κ1) is 31.4. The van der Waals surface area contributed by atoms with E-state index in [0.717, 1.165) is 0 Å². The lowest BCUT2D eigenvalue weighted by atomic mass is 9.70. The van der Waals surface area contributed by atoms with Gasteiger partial charge in [0.2, 0.25) is 0 Å². The summed E-state index contributed by atoms with van der Waals surface area (Å²) < 4.78 is 1.21. The van der Waals surface area contributed by atoms with Crippen molar-refractivity contribution in [1.29, 1.82) is 0 Å². The van der Waals surface area contributed by atoms with E-state index in [4.69, 9.17) is 0 Å². The monoisotopic (exact) mass is 668 g/mol. The Kier molecular flexibility index (Phi) is 9.50. The molecule has 1 aliphatic rings. The third kappa shape index (κ3) is 5.79. The first-order valence-corrected chi connectivity index (χ1v) is 19.1. The lowest BCUT2D eigenvalue weighted by molar-refractivity contribution is 0.398. The van der Waals surface area contributed by atoms with Crippen molar-refractivity contribution in [1.82, 2.24) is 0 Å². The van der Waals surface area contributed by atoms with Crippen LogP contribution in [0.3, 0.4) is 0 Å². The van der Waals surface area contributed by atoms with Crippen LogP contribution in [0.15, 0.2) is 95.5 Å². The third-order valence-corrected chi connectivity index (χ3v) is 11.6. The fourth-order valence-corrected chi connectivity index (χ4v) is 9.06. The first-order valence-electron chi connectivity index (χ1n) is 18.3. The predicted octanol–water partition coefficient (Wildman–Crippen LogP) is 14.8. The maximum Gasteiger partial charge on any atom is 0.0215 e. The summed E-state index contributed by atoms with van der Waals surface area (Å²) in [7, 11) is 0. The number of unbranched alkanes of at least 4 members (excludes halogenated alkanes) is 10. The molecule has 0 nitrogen and oxygen atoms in total. The van der Waals surface area contributed by atoms with Crippen molar-refractivity contribution < 1.29 is 0 Å². The van der Waals surface area contributed by atoms with Crippen molar-refractivity contribution in [3.63, 3.8) is 0 Å². The Morgan fingerprint density at radius 2 is 1.00 bits per heavy atom. The highest BCUT2D eigenvalue weighted by Gasteiger charge is 2.42. The van der Waals surface area contributed by atoms with Crippen molar-refractivity contribution in [3.05, 3.63) is 107 Å². The Morgan fingerprint density at radius 3 is 1.67 bits per heavy atom. The summed E-state index contributed by atoms with van der Waals surface area (Å²) in [6, 6.07) is 35.3. The highest BCUT2D eigenvalue weighted by molar-refractivity contribution is 9.10. The summed E-state index contributed by atoms with van der Waals surface area (Å²) in [6.07, 6.45) is 18.6. The number of halogens is 1. The van der Waals surface area contributed by atoms with E-state index in [-0.39, 0.29) is 5.41 Å². The summed E-state index contributed by atoms with van der Waals surface area (Å²) in [5.41, 5.74) is 8.84. The van der Waals surface area contributed by atoms with Gasteiger partial charge in [-0.15, -0.1) is 0 Å². The Labute approximate surface area is 285 Å². The minimum absolute atomic E-state index is 0.0732. The lowest BCUT2D eigenvalue weighted by Crippen LogP contribution is -2.25. The van der Waals surface area contributed by atoms with Gasteiger partial charge in [-0.25, -0.2) is 0 Å². The van der Waals surface area contributed by atoms with Crippen LogP contribution in [0, 0.1) is 0 Å². The van der Waals surface area contributed by atoms with Gasteiger partial charge in [0.25, 0.3) is 0 Å². The molecule has 0 amide bonds. The quantitative estimate of drug-likeness (QED) is 0.0754. The molecule has 6 aromatic carbocycles. The molecule has 0 spiro atoms. The molecule has 0 atom stereocenters. The topological polar surface area (TPSA) is 0 Å². The van der Waals surface area contributed by atoms with E-state index < -0.39 is 0 Å². The summed E-state index contributed by atoms with van der Waals surface area (Å²) in [5, 5.41) is 8.18. The Bertz CT molecular complexity index is 1910. The second-order valence-corrected chi connectivity index (χ2v) is 15.0. The van der Waals surface area contributed by atoms with Gasteiger partial charge in [0.05, 0.1) is 0 Å². The van der Waals surface area contributed by atoms with Crippen LogP contribution < -0.4 is 0 Å². The van der Waals surface area contributed by atoms with Gasteiger partial charge >= 0.3 is 0 Å². The first-order chi connectivity index (χ1) is 22.6. The van der Waals surface area contributed by atoms with Crippen molar-refractivity contribution in [2.45, 2.75) is 109 Å². The van der Waals surface area contributed by atoms with Crippen molar-refractivity contribution in [2.75, 3.05) is 0 Å². The molecule has 0 aromatic heterocycles. The van der Waals surface area contributed by atoms with Gasteiger partial charge in [0.15, 0.2) is 0 Å². The second-order valence-electron chi connectivity index (χ2n) is 14.0. The van der Waals surface area contributed by atoms with Crippen LogP contribution in [-0.2, 0) is 5.41 Å². The van der Waals surface area contributed by atoms with E-state index in [1.165, 1.54) is 149 Å². The summed E-state index contributed by atoms with van der Waals surface area (Å²) in [5.74, 6) is 0. The van der Waals surface area contributed by atoms with Crippen LogP contribution in [0.4, 0.5) is 0 Å². The molecule has 1 heteroatoms. The van der Waals surface area contributed by atoms with Gasteiger partial charge in [-0.1, -0.05) is 180 Å². The molecule has 1 aliphatic carbocycles. The van der Waals surface area contributed by atoms with Crippen LogP contribution in [-0.4, -0.2) is 0 Å². The highest BCUT2D eigenvalue weighted by atomic mass is 79.9. The summed E-state index contributed by atoms with van der Waals surface area (Å²) >= 11 is 3.89. The van der Waals surface area contributed by atoms with Crippen LogP contribution in [0.25, 0.3) is 54.6 Å². The minimum Gasteiger partial charge on any atom is -0.0654 e. The molecule has 46 heavy (non-hydrogen) atoms. The van der Waals surface area contributed by atoms with Crippen LogP contribution in [0.1, 0.15) is 115 Å². The fourth-order valence-electron chi connectivity index (χ4n) is 8.70. The Hall–Kier alpha value is -3.16. The van der Waals surface area contributed by atoms with Crippen LogP contribution in [0.2, 0.25) is 0 Å². The Morgan fingerprint density at radius 1 is 0.478 bits per heavy atom. The number of rotatable bonds is 15. The number of hydrogen-bond acceptors (Lipinski definition) is 0. The highest BCUT2D eigenvalue weighted by Crippen LogP contribution is 2.56. The van der Waals surface area contributed by atoms with E-state index in [2.05, 4.69) is 121 Å². The van der Waals surface area contributed by atoms with Gasteiger partial charge in [0, 0.05) is 9.89 Å². The van der Waals surface area contributed by atoms with Crippen molar-refractivity contribution >= 4 is 48.2 Å². The zero-order valence-electron chi connectivity index (χ0n) is 27.9. The molecular formula is C45H49Br. The zero-order chi connectivity index (χ0) is 31.5. The molecule has 0 saturated carbocycles. The van der Waals surface area contributed by atoms with Crippen molar-refractivity contribution in [2.24, 2.45) is 0 Å². The standard InChI is InChI=1S/C45H49Br/c1-3-5-7-9-11-13-28-45(29-14-12-10-8-6-4-2)41-30-35(22-25-38(41)39-27-23-36(46)31-42(39)45)37-24-20-34-19-18-32-16-15-17-33-21-26-40(37)44(34)43(32)33/h15-27,30-31H,3-14,28-29H2,1-2H3. The summed E-state index contributed by atoms with van der Waals surface area (Å²) in [6.45, 7) is 4.64. The zero-order valence-corrected chi connectivity index (χ0v) is 29.5. The van der Waals surface area contributed by atoms with Gasteiger partial charge in [-0.05, 0) is 96.7 Å². The lowest BCUT2D eigenvalue weighted by Gasteiger charge is -2.33. The number of benzene rings is 6. The number of hydrogen-bond donors (Lipinski definition) is 0. The normalized spacial score (nSPS) is 13.6. The van der Waals surface area contributed by atoms with E-state index in [1.54, 1.807) is 11.1 Å². The maximum atomic E-state index is 3.89. The predicted molar refractivity (Wildman–Crippen MR) is 205 cm³/mol. The molecule has 0 aliphatic heterocycles. The van der Waals surface area contributed by atoms with E-state index >= 15 is 0 Å². The number of fused-ring (bicyclic) bond motifs is 3. The van der Waals surface area contributed by atoms with Crippen LogP contribution >= 0.6 is 15.9 Å². The Balaban J connectivity index is 1.33. The van der Waals surface area contributed by atoms with Crippen molar-refractivity contribution in [3.8, 4) is 22.3 Å². The molecule has 0 N–H and O–H groups in total. The molecule has 0 bridgehead atoms. The second kappa shape index (κ2) is 13.9. The molecule has 236 valence electrons. The largest absolute Gasteiger partial charge is 0.0654 e. The van der Waals surface area contributed by atoms with E-state index in [9.17, 15) is 0 Å². The van der Waals surface area contributed by atoms with Crippen LogP contribution in [0.5, 0.6) is 0 Å². The van der Waals surface area contributed by atoms with E-state index in [1.807, 2.05) is 0 Å².